The number of benzene rings is 2. The summed E-state index contributed by atoms with van der Waals surface area (Å²) in [6, 6.07) is 11.2. The van der Waals surface area contributed by atoms with Crippen LogP contribution < -0.4 is 10.2 Å². The van der Waals surface area contributed by atoms with E-state index in [-0.39, 0.29) is 18.2 Å². The van der Waals surface area contributed by atoms with Gasteiger partial charge < -0.3 is 10.2 Å². The van der Waals surface area contributed by atoms with Gasteiger partial charge in [-0.15, -0.1) is 0 Å². The lowest BCUT2D eigenvalue weighted by Crippen LogP contribution is -2.32. The van der Waals surface area contributed by atoms with E-state index in [0.29, 0.717) is 17.3 Å². The molecule has 0 heterocycles. The van der Waals surface area contributed by atoms with Gasteiger partial charge in [0.2, 0.25) is 11.8 Å². The van der Waals surface area contributed by atoms with E-state index in [4.69, 9.17) is 11.6 Å². The first kappa shape index (κ1) is 19.0. The minimum atomic E-state index is -0.157. The molecule has 0 fully saturated rings. The van der Waals surface area contributed by atoms with E-state index < -0.39 is 0 Å². The number of aryl methyl sites for hydroxylation is 3. The lowest BCUT2D eigenvalue weighted by atomic mass is 10.1. The van der Waals surface area contributed by atoms with Gasteiger partial charge in [-0.05, 0) is 61.7 Å². The molecule has 0 atom stereocenters. The molecule has 132 valence electrons. The molecule has 0 aliphatic rings. The van der Waals surface area contributed by atoms with Crippen molar-refractivity contribution in [2.45, 2.75) is 34.1 Å². The van der Waals surface area contributed by atoms with Gasteiger partial charge in [0, 0.05) is 36.3 Å². The number of halogens is 1. The molecule has 0 saturated carbocycles. The molecule has 2 aromatic carbocycles. The van der Waals surface area contributed by atoms with E-state index in [9.17, 15) is 9.59 Å². The summed E-state index contributed by atoms with van der Waals surface area (Å²) in [7, 11) is 0. The molecule has 0 saturated heterocycles. The molecule has 2 rings (SSSR count). The summed E-state index contributed by atoms with van der Waals surface area (Å²) >= 11 is 6.07. The summed E-state index contributed by atoms with van der Waals surface area (Å²) in [6.07, 6.45) is 0.206. The number of nitrogens with zero attached hydrogens (tertiary/aromatic N) is 1. The van der Waals surface area contributed by atoms with Crippen molar-refractivity contribution in [2.24, 2.45) is 0 Å². The number of carbonyl (C=O) groups excluding carboxylic acids is 2. The molecule has 4 nitrogen and oxygen atoms in total. The Labute approximate surface area is 153 Å². The molecule has 0 aliphatic carbocycles. The number of carbonyl (C=O) groups is 2. The molecule has 0 unspecified atom stereocenters. The summed E-state index contributed by atoms with van der Waals surface area (Å²) in [5.41, 5.74) is 4.70. The number of hydrogen-bond donors (Lipinski definition) is 1. The first-order chi connectivity index (χ1) is 11.8. The van der Waals surface area contributed by atoms with Gasteiger partial charge >= 0.3 is 0 Å². The standard InChI is InChI=1S/C20H23ClN2O2/c1-13-6-8-18(11-15(13)3)23(16(4)24)10-9-20(25)22-17-7-5-14(2)19(21)12-17/h5-8,11-12H,9-10H2,1-4H3,(H,22,25). The Morgan fingerprint density at radius 1 is 1.00 bits per heavy atom. The van der Waals surface area contributed by atoms with E-state index in [1.807, 2.05) is 51.1 Å². The quantitative estimate of drug-likeness (QED) is 0.845. The molecule has 0 bridgehead atoms. The predicted molar refractivity (Wildman–Crippen MR) is 103 cm³/mol. The second kappa shape index (κ2) is 8.17. The Morgan fingerprint density at radius 2 is 1.68 bits per heavy atom. The minimum absolute atomic E-state index is 0.0885. The van der Waals surface area contributed by atoms with E-state index in [2.05, 4.69) is 5.32 Å². The van der Waals surface area contributed by atoms with E-state index in [0.717, 1.165) is 16.8 Å². The first-order valence-electron chi connectivity index (χ1n) is 8.19. The monoisotopic (exact) mass is 358 g/mol. The minimum Gasteiger partial charge on any atom is -0.326 e. The smallest absolute Gasteiger partial charge is 0.226 e. The summed E-state index contributed by atoms with van der Waals surface area (Å²) in [5.74, 6) is -0.246. The normalized spacial score (nSPS) is 10.4. The third-order valence-electron chi connectivity index (χ3n) is 4.20. The van der Waals surface area contributed by atoms with Crippen LogP contribution in [0.2, 0.25) is 5.02 Å². The predicted octanol–water partition coefficient (Wildman–Crippen LogP) is 4.65. The van der Waals surface area contributed by atoms with Crippen molar-refractivity contribution < 1.29 is 9.59 Å². The maximum Gasteiger partial charge on any atom is 0.226 e. The number of hydrogen-bond acceptors (Lipinski definition) is 2. The van der Waals surface area contributed by atoms with Crippen LogP contribution in [0.15, 0.2) is 36.4 Å². The average molecular weight is 359 g/mol. The topological polar surface area (TPSA) is 49.4 Å². The molecule has 2 amide bonds. The molecule has 2 aromatic rings. The van der Waals surface area contributed by atoms with Gasteiger partial charge in [0.25, 0.3) is 0 Å². The number of rotatable bonds is 5. The Bertz CT molecular complexity index is 802. The zero-order chi connectivity index (χ0) is 18.6. The van der Waals surface area contributed by atoms with Crippen molar-refractivity contribution in [1.82, 2.24) is 0 Å². The van der Waals surface area contributed by atoms with Crippen LogP contribution in [0, 0.1) is 20.8 Å². The van der Waals surface area contributed by atoms with Crippen molar-refractivity contribution >= 4 is 34.8 Å². The van der Waals surface area contributed by atoms with Crippen LogP contribution in [0.4, 0.5) is 11.4 Å². The number of amides is 2. The summed E-state index contributed by atoms with van der Waals surface area (Å²) in [5, 5.41) is 3.42. The van der Waals surface area contributed by atoms with Crippen molar-refractivity contribution in [1.29, 1.82) is 0 Å². The Morgan fingerprint density at radius 3 is 2.28 bits per heavy atom. The molecule has 25 heavy (non-hydrogen) atoms. The van der Waals surface area contributed by atoms with Gasteiger partial charge in [0.15, 0.2) is 0 Å². The second-order valence-corrected chi connectivity index (χ2v) is 6.61. The summed E-state index contributed by atoms with van der Waals surface area (Å²) in [4.78, 5) is 25.8. The largest absolute Gasteiger partial charge is 0.326 e. The zero-order valence-corrected chi connectivity index (χ0v) is 15.8. The third-order valence-corrected chi connectivity index (χ3v) is 4.61. The third kappa shape index (κ3) is 5.07. The Balaban J connectivity index is 2.02. The van der Waals surface area contributed by atoms with Gasteiger partial charge in [0.05, 0.1) is 0 Å². The van der Waals surface area contributed by atoms with Crippen LogP contribution in [-0.2, 0) is 9.59 Å². The highest BCUT2D eigenvalue weighted by molar-refractivity contribution is 6.31. The van der Waals surface area contributed by atoms with E-state index >= 15 is 0 Å². The van der Waals surface area contributed by atoms with E-state index in [1.165, 1.54) is 12.5 Å². The Hall–Kier alpha value is -2.33. The fourth-order valence-electron chi connectivity index (χ4n) is 2.47. The molecule has 0 spiro atoms. The van der Waals surface area contributed by atoms with Crippen LogP contribution in [0.1, 0.15) is 30.0 Å². The zero-order valence-electron chi connectivity index (χ0n) is 15.0. The van der Waals surface area contributed by atoms with Gasteiger partial charge in [0.1, 0.15) is 0 Å². The van der Waals surface area contributed by atoms with Crippen LogP contribution >= 0.6 is 11.6 Å². The van der Waals surface area contributed by atoms with Crippen LogP contribution in [0.25, 0.3) is 0 Å². The van der Waals surface area contributed by atoms with Gasteiger partial charge in [-0.1, -0.05) is 23.7 Å². The van der Waals surface area contributed by atoms with Crippen molar-refractivity contribution in [2.75, 3.05) is 16.8 Å². The van der Waals surface area contributed by atoms with Crippen molar-refractivity contribution in [3.8, 4) is 0 Å². The highest BCUT2D eigenvalue weighted by atomic mass is 35.5. The molecule has 0 aromatic heterocycles. The fraction of sp³-hybridized carbons (Fsp3) is 0.300. The fourth-order valence-corrected chi connectivity index (χ4v) is 2.65. The van der Waals surface area contributed by atoms with Gasteiger partial charge in [-0.2, -0.15) is 0 Å². The molecule has 1 N–H and O–H groups in total. The molecule has 5 heteroatoms. The maximum atomic E-state index is 12.2. The van der Waals surface area contributed by atoms with Crippen LogP contribution in [0.5, 0.6) is 0 Å². The lowest BCUT2D eigenvalue weighted by molar-refractivity contribution is -0.117. The van der Waals surface area contributed by atoms with Crippen molar-refractivity contribution in [3.05, 3.63) is 58.1 Å². The molecular formula is C20H23ClN2O2. The van der Waals surface area contributed by atoms with Crippen LogP contribution in [-0.4, -0.2) is 18.4 Å². The molecular weight excluding hydrogens is 336 g/mol. The maximum absolute atomic E-state index is 12.2. The summed E-state index contributed by atoms with van der Waals surface area (Å²) in [6.45, 7) is 7.76. The SMILES string of the molecule is CC(=O)N(CCC(=O)Nc1ccc(C)c(Cl)c1)c1ccc(C)c(C)c1. The molecule has 0 radical (unpaired) electrons. The second-order valence-electron chi connectivity index (χ2n) is 6.20. The van der Waals surface area contributed by atoms with Crippen LogP contribution in [0.3, 0.4) is 0 Å². The van der Waals surface area contributed by atoms with Gasteiger partial charge in [-0.25, -0.2) is 0 Å². The average Bonchev–Trinajstić information content (AvgIpc) is 2.54. The number of anilines is 2. The highest BCUT2D eigenvalue weighted by Gasteiger charge is 2.14. The molecule has 0 aliphatic heterocycles. The van der Waals surface area contributed by atoms with Crippen molar-refractivity contribution in [3.63, 3.8) is 0 Å². The van der Waals surface area contributed by atoms with E-state index in [1.54, 1.807) is 11.0 Å². The highest BCUT2D eigenvalue weighted by Crippen LogP contribution is 2.21. The lowest BCUT2D eigenvalue weighted by Gasteiger charge is -2.22. The Kier molecular flexibility index (Phi) is 6.21. The first-order valence-corrected chi connectivity index (χ1v) is 8.57. The van der Waals surface area contributed by atoms with Gasteiger partial charge in [-0.3, -0.25) is 9.59 Å². The number of nitrogens with one attached hydrogen (secondary N) is 1. The summed E-state index contributed by atoms with van der Waals surface area (Å²) < 4.78 is 0.